The number of nitrogens with one attached hydrogen (secondary N) is 1. The lowest BCUT2D eigenvalue weighted by molar-refractivity contribution is -0.146. The molecular formula is C24H25NO5. The number of rotatable bonds is 9. The molecule has 0 atom stereocenters. The highest BCUT2D eigenvalue weighted by atomic mass is 16.6. The molecule has 3 aromatic rings. The maximum Gasteiger partial charge on any atom is 0.345 e. The van der Waals surface area contributed by atoms with Crippen molar-refractivity contribution in [1.29, 1.82) is 0 Å². The first kappa shape index (κ1) is 21.2. The number of para-hydroxylation sites is 1. The van der Waals surface area contributed by atoms with Gasteiger partial charge >= 0.3 is 11.9 Å². The number of carbonyl (C=O) groups excluding carboxylic acids is 2. The van der Waals surface area contributed by atoms with Gasteiger partial charge in [0.15, 0.2) is 0 Å². The molecule has 0 bridgehead atoms. The van der Waals surface area contributed by atoms with E-state index < -0.39 is 11.9 Å². The monoisotopic (exact) mass is 407 g/mol. The first-order chi connectivity index (χ1) is 14.6. The van der Waals surface area contributed by atoms with E-state index >= 15 is 0 Å². The van der Waals surface area contributed by atoms with Crippen LogP contribution in [0.2, 0.25) is 0 Å². The Bertz CT molecular complexity index is 980. The van der Waals surface area contributed by atoms with Crippen LogP contribution in [-0.2, 0) is 25.5 Å². The molecule has 0 aliphatic rings. The number of aromatic nitrogens is 1. The van der Waals surface area contributed by atoms with Gasteiger partial charge in [-0.25, -0.2) is 9.59 Å². The predicted molar refractivity (Wildman–Crippen MR) is 115 cm³/mol. The largest absolute Gasteiger partial charge is 0.493 e. The van der Waals surface area contributed by atoms with Gasteiger partial charge < -0.3 is 19.2 Å². The first-order valence-electron chi connectivity index (χ1n) is 9.96. The Kier molecular flexibility index (Phi) is 7.27. The fraction of sp³-hybridized carbons (Fsp3) is 0.250. The Hall–Kier alpha value is -3.54. The molecule has 0 spiro atoms. The third kappa shape index (κ3) is 5.50. The molecule has 0 aliphatic carbocycles. The normalized spacial score (nSPS) is 10.5. The highest BCUT2D eigenvalue weighted by molar-refractivity contribution is 6.17. The van der Waals surface area contributed by atoms with Crippen LogP contribution in [0.15, 0.2) is 60.2 Å². The molecule has 0 saturated carbocycles. The van der Waals surface area contributed by atoms with Gasteiger partial charge in [-0.2, -0.15) is 0 Å². The maximum absolute atomic E-state index is 12.1. The van der Waals surface area contributed by atoms with Crippen molar-refractivity contribution in [2.24, 2.45) is 0 Å². The summed E-state index contributed by atoms with van der Waals surface area (Å²) in [6.07, 6.45) is 2.22. The summed E-state index contributed by atoms with van der Waals surface area (Å²) < 4.78 is 15.7. The Labute approximate surface area is 175 Å². The average Bonchev–Trinajstić information content (AvgIpc) is 3.16. The zero-order chi connectivity index (χ0) is 21.3. The van der Waals surface area contributed by atoms with Crippen LogP contribution in [0.3, 0.4) is 0 Å². The van der Waals surface area contributed by atoms with Gasteiger partial charge in [0.2, 0.25) is 0 Å². The molecule has 0 unspecified atom stereocenters. The van der Waals surface area contributed by atoms with Gasteiger partial charge in [-0.15, -0.1) is 0 Å². The molecule has 3 rings (SSSR count). The highest BCUT2D eigenvalue weighted by Crippen LogP contribution is 2.18. The van der Waals surface area contributed by atoms with Gasteiger partial charge in [-0.05, 0) is 55.1 Å². The lowest BCUT2D eigenvalue weighted by atomic mass is 10.1. The Morgan fingerprint density at radius 2 is 1.60 bits per heavy atom. The van der Waals surface area contributed by atoms with Crippen molar-refractivity contribution in [2.45, 2.75) is 20.3 Å². The summed E-state index contributed by atoms with van der Waals surface area (Å²) in [5, 5.41) is 1.18. The lowest BCUT2D eigenvalue weighted by Gasteiger charge is -2.08. The van der Waals surface area contributed by atoms with Gasteiger partial charge in [0, 0.05) is 17.6 Å². The van der Waals surface area contributed by atoms with E-state index in [4.69, 9.17) is 14.2 Å². The number of hydrogen-bond acceptors (Lipinski definition) is 5. The Balaban J connectivity index is 1.61. The summed E-state index contributed by atoms with van der Waals surface area (Å²) >= 11 is 0. The lowest BCUT2D eigenvalue weighted by Crippen LogP contribution is -2.18. The summed E-state index contributed by atoms with van der Waals surface area (Å²) in [7, 11) is 0. The van der Waals surface area contributed by atoms with Crippen LogP contribution in [-0.4, -0.2) is 36.7 Å². The molecule has 1 heterocycles. The molecule has 6 nitrogen and oxygen atoms in total. The molecule has 0 amide bonds. The van der Waals surface area contributed by atoms with Gasteiger partial charge in [0.05, 0.1) is 19.8 Å². The molecule has 1 N–H and O–H groups in total. The van der Waals surface area contributed by atoms with Crippen LogP contribution in [0.1, 0.15) is 25.1 Å². The van der Waals surface area contributed by atoms with Crippen molar-refractivity contribution in [3.63, 3.8) is 0 Å². The number of carbonyl (C=O) groups is 2. The molecule has 2 aromatic carbocycles. The quantitative estimate of drug-likeness (QED) is 0.248. The van der Waals surface area contributed by atoms with Crippen molar-refractivity contribution < 1.29 is 23.8 Å². The van der Waals surface area contributed by atoms with Crippen LogP contribution in [0.5, 0.6) is 5.75 Å². The van der Waals surface area contributed by atoms with E-state index in [1.165, 1.54) is 11.5 Å². The summed E-state index contributed by atoms with van der Waals surface area (Å²) in [6, 6.07) is 17.4. The zero-order valence-electron chi connectivity index (χ0n) is 17.1. The Morgan fingerprint density at radius 1 is 0.933 bits per heavy atom. The fourth-order valence-corrected chi connectivity index (χ4v) is 2.99. The summed E-state index contributed by atoms with van der Waals surface area (Å²) in [4.78, 5) is 27.5. The standard InChI is InChI=1S/C24H25NO5/c1-3-28-23(26)21(24(27)29-4-2)15-17-9-11-20(12-10-17)30-14-13-19-16-18-7-5-6-8-22(18)25-19/h5-12,15-16,25H,3-4,13-14H2,1-2H3. The number of fused-ring (bicyclic) bond motifs is 1. The Morgan fingerprint density at radius 3 is 2.23 bits per heavy atom. The average molecular weight is 407 g/mol. The first-order valence-corrected chi connectivity index (χ1v) is 9.96. The minimum Gasteiger partial charge on any atom is -0.493 e. The van der Waals surface area contributed by atoms with Crippen LogP contribution in [0.4, 0.5) is 0 Å². The molecule has 156 valence electrons. The number of aromatic amines is 1. The van der Waals surface area contributed by atoms with E-state index in [1.54, 1.807) is 38.1 Å². The van der Waals surface area contributed by atoms with Crippen molar-refractivity contribution in [3.8, 4) is 5.75 Å². The molecule has 6 heteroatoms. The second-order valence-electron chi connectivity index (χ2n) is 6.55. The SMILES string of the molecule is CCOC(=O)C(=Cc1ccc(OCCc2cc3ccccc3[nH]2)cc1)C(=O)OCC. The van der Waals surface area contributed by atoms with E-state index in [9.17, 15) is 9.59 Å². The van der Waals surface area contributed by atoms with E-state index in [-0.39, 0.29) is 18.8 Å². The molecule has 0 fully saturated rings. The third-order valence-corrected chi connectivity index (χ3v) is 4.41. The number of ether oxygens (including phenoxy) is 3. The van der Waals surface area contributed by atoms with E-state index in [0.29, 0.717) is 17.9 Å². The van der Waals surface area contributed by atoms with E-state index in [1.807, 2.05) is 18.2 Å². The van der Waals surface area contributed by atoms with Gasteiger partial charge in [0.25, 0.3) is 0 Å². The van der Waals surface area contributed by atoms with Crippen LogP contribution < -0.4 is 4.74 Å². The minimum atomic E-state index is -0.699. The zero-order valence-corrected chi connectivity index (χ0v) is 17.1. The number of benzene rings is 2. The van der Waals surface area contributed by atoms with Crippen molar-refractivity contribution in [2.75, 3.05) is 19.8 Å². The van der Waals surface area contributed by atoms with Gasteiger partial charge in [0.1, 0.15) is 11.3 Å². The number of esters is 2. The van der Waals surface area contributed by atoms with Crippen molar-refractivity contribution >= 4 is 28.9 Å². The van der Waals surface area contributed by atoms with Crippen molar-refractivity contribution in [1.82, 2.24) is 4.98 Å². The summed E-state index contributed by atoms with van der Waals surface area (Å²) in [5.41, 5.74) is 2.77. The number of hydrogen-bond donors (Lipinski definition) is 1. The molecule has 1 aromatic heterocycles. The summed E-state index contributed by atoms with van der Waals surface area (Å²) in [5.74, 6) is -0.693. The highest BCUT2D eigenvalue weighted by Gasteiger charge is 2.20. The van der Waals surface area contributed by atoms with Crippen LogP contribution in [0.25, 0.3) is 17.0 Å². The molecule has 0 aliphatic heterocycles. The van der Waals surface area contributed by atoms with Gasteiger partial charge in [-0.1, -0.05) is 30.3 Å². The number of H-pyrrole nitrogens is 1. The summed E-state index contributed by atoms with van der Waals surface area (Å²) in [6.45, 7) is 4.25. The molecule has 0 radical (unpaired) electrons. The topological polar surface area (TPSA) is 77.6 Å². The third-order valence-electron chi connectivity index (χ3n) is 4.41. The van der Waals surface area contributed by atoms with Gasteiger partial charge in [-0.3, -0.25) is 0 Å². The smallest absolute Gasteiger partial charge is 0.345 e. The van der Waals surface area contributed by atoms with Crippen LogP contribution >= 0.6 is 0 Å². The molecule has 30 heavy (non-hydrogen) atoms. The minimum absolute atomic E-state index is 0.133. The molecular weight excluding hydrogens is 382 g/mol. The van der Waals surface area contributed by atoms with E-state index in [2.05, 4.69) is 17.1 Å². The molecule has 0 saturated heterocycles. The maximum atomic E-state index is 12.1. The van der Waals surface area contributed by atoms with Crippen molar-refractivity contribution in [3.05, 3.63) is 71.4 Å². The second-order valence-corrected chi connectivity index (χ2v) is 6.55. The van der Waals surface area contributed by atoms with Crippen LogP contribution in [0, 0.1) is 0 Å². The fourth-order valence-electron chi connectivity index (χ4n) is 2.99. The second kappa shape index (κ2) is 10.3. The van der Waals surface area contributed by atoms with E-state index in [0.717, 1.165) is 17.6 Å². The predicted octanol–water partition coefficient (Wildman–Crippen LogP) is 4.30.